The minimum Gasteiger partial charge on any atom is -0.481 e. The summed E-state index contributed by atoms with van der Waals surface area (Å²) in [6.07, 6.45) is -0.587. The number of carbonyl (C=O) groups is 1. The summed E-state index contributed by atoms with van der Waals surface area (Å²) in [6, 6.07) is 7.56. The van der Waals surface area contributed by atoms with Crippen LogP contribution in [0.3, 0.4) is 0 Å². The van der Waals surface area contributed by atoms with Crippen LogP contribution in [0, 0.1) is 6.92 Å². The molecule has 1 aromatic carbocycles. The van der Waals surface area contributed by atoms with E-state index in [9.17, 15) is 4.79 Å². The Morgan fingerprint density at radius 1 is 1.50 bits per heavy atom. The van der Waals surface area contributed by atoms with E-state index in [0.29, 0.717) is 10.9 Å². The van der Waals surface area contributed by atoms with Crippen LogP contribution in [0.15, 0.2) is 29.8 Å². The molecule has 0 aliphatic rings. The van der Waals surface area contributed by atoms with Gasteiger partial charge in [0.1, 0.15) is 11.3 Å². The highest BCUT2D eigenvalue weighted by molar-refractivity contribution is 7.13. The summed E-state index contributed by atoms with van der Waals surface area (Å²) in [7, 11) is 0. The molecule has 1 heterocycles. The molecular formula is C12H13N3O2S. The number of aromatic nitrogens is 2. The molecule has 1 aromatic heterocycles. The number of anilines is 1. The molecule has 0 unspecified atom stereocenters. The smallest absolute Gasteiger partial charge is 0.266 e. The number of amides is 1. The molecule has 5 nitrogen and oxygen atoms in total. The Labute approximate surface area is 109 Å². The molecular weight excluding hydrogens is 250 g/mol. The summed E-state index contributed by atoms with van der Waals surface area (Å²) in [5, 5.41) is 10.5. The monoisotopic (exact) mass is 263 g/mol. The van der Waals surface area contributed by atoms with Crippen LogP contribution in [0.5, 0.6) is 5.75 Å². The molecule has 0 saturated heterocycles. The normalized spacial score (nSPS) is 11.9. The van der Waals surface area contributed by atoms with Gasteiger partial charge in [-0.05, 0) is 31.5 Å². The Morgan fingerprint density at radius 3 is 3.00 bits per heavy atom. The Morgan fingerprint density at radius 2 is 2.33 bits per heavy atom. The van der Waals surface area contributed by atoms with Gasteiger partial charge >= 0.3 is 0 Å². The molecule has 6 heteroatoms. The van der Waals surface area contributed by atoms with E-state index >= 15 is 0 Å². The maximum atomic E-state index is 11.8. The van der Waals surface area contributed by atoms with Gasteiger partial charge in [-0.25, -0.2) is 0 Å². The second-order valence-corrected chi connectivity index (χ2v) is 4.64. The van der Waals surface area contributed by atoms with Gasteiger partial charge in [0.15, 0.2) is 6.10 Å². The van der Waals surface area contributed by atoms with Gasteiger partial charge in [-0.1, -0.05) is 23.5 Å². The minimum absolute atomic E-state index is 0.242. The van der Waals surface area contributed by atoms with E-state index in [1.165, 1.54) is 11.3 Å². The van der Waals surface area contributed by atoms with E-state index < -0.39 is 6.10 Å². The van der Waals surface area contributed by atoms with Crippen LogP contribution >= 0.6 is 11.3 Å². The van der Waals surface area contributed by atoms with Crippen molar-refractivity contribution in [1.29, 1.82) is 0 Å². The van der Waals surface area contributed by atoms with Crippen LogP contribution in [0.2, 0.25) is 0 Å². The van der Waals surface area contributed by atoms with Gasteiger partial charge in [0.25, 0.3) is 5.91 Å². The molecule has 2 aromatic rings. The average Bonchev–Trinajstić information content (AvgIpc) is 2.81. The summed E-state index contributed by atoms with van der Waals surface area (Å²) in [4.78, 5) is 11.8. The fraction of sp³-hybridized carbons (Fsp3) is 0.250. The van der Waals surface area contributed by atoms with Crippen molar-refractivity contribution < 1.29 is 9.53 Å². The molecule has 1 atom stereocenters. The van der Waals surface area contributed by atoms with Crippen LogP contribution in [-0.2, 0) is 4.79 Å². The van der Waals surface area contributed by atoms with Crippen molar-refractivity contribution in [2.24, 2.45) is 0 Å². The van der Waals surface area contributed by atoms with Crippen molar-refractivity contribution in [2.45, 2.75) is 20.0 Å². The molecule has 18 heavy (non-hydrogen) atoms. The molecule has 0 fully saturated rings. The number of aryl methyl sites for hydroxylation is 1. The molecule has 2 rings (SSSR count). The molecule has 0 radical (unpaired) electrons. The van der Waals surface area contributed by atoms with Crippen molar-refractivity contribution in [1.82, 2.24) is 10.2 Å². The first-order valence-electron chi connectivity index (χ1n) is 5.45. The lowest BCUT2D eigenvalue weighted by Gasteiger charge is -2.13. The molecule has 0 bridgehead atoms. The third-order valence-corrected chi connectivity index (χ3v) is 2.87. The zero-order valence-electron chi connectivity index (χ0n) is 10.1. The summed E-state index contributed by atoms with van der Waals surface area (Å²) in [5.74, 6) is 0.433. The van der Waals surface area contributed by atoms with Gasteiger partial charge < -0.3 is 4.74 Å². The van der Waals surface area contributed by atoms with Crippen LogP contribution in [0.4, 0.5) is 5.13 Å². The SMILES string of the molecule is Cc1cccc(O[C@H](C)C(=O)Nc2nncs2)c1. The quantitative estimate of drug-likeness (QED) is 0.919. The van der Waals surface area contributed by atoms with Gasteiger partial charge in [-0.3, -0.25) is 10.1 Å². The van der Waals surface area contributed by atoms with Gasteiger partial charge in [0.05, 0.1) is 0 Å². The summed E-state index contributed by atoms with van der Waals surface area (Å²) in [6.45, 7) is 3.66. The van der Waals surface area contributed by atoms with Crippen molar-refractivity contribution in [3.05, 3.63) is 35.3 Å². The largest absolute Gasteiger partial charge is 0.481 e. The standard InChI is InChI=1S/C12H13N3O2S/c1-8-4-3-5-10(6-8)17-9(2)11(16)14-12-15-13-7-18-12/h3-7,9H,1-2H3,(H,14,15,16)/t9-/m1/s1. The fourth-order valence-corrected chi connectivity index (χ4v) is 1.83. The van der Waals surface area contributed by atoms with E-state index in [4.69, 9.17) is 4.74 Å². The Bertz CT molecular complexity index is 528. The number of nitrogens with one attached hydrogen (secondary N) is 1. The first-order valence-corrected chi connectivity index (χ1v) is 6.33. The maximum absolute atomic E-state index is 11.8. The van der Waals surface area contributed by atoms with Crippen molar-refractivity contribution in [2.75, 3.05) is 5.32 Å². The van der Waals surface area contributed by atoms with E-state index in [1.807, 2.05) is 31.2 Å². The second kappa shape index (κ2) is 5.59. The van der Waals surface area contributed by atoms with Crippen LogP contribution < -0.4 is 10.1 Å². The van der Waals surface area contributed by atoms with E-state index in [-0.39, 0.29) is 5.91 Å². The molecule has 0 aliphatic heterocycles. The van der Waals surface area contributed by atoms with Crippen molar-refractivity contribution >= 4 is 22.4 Å². The molecule has 0 aliphatic carbocycles. The van der Waals surface area contributed by atoms with Crippen molar-refractivity contribution in [3.63, 3.8) is 0 Å². The van der Waals surface area contributed by atoms with Crippen LogP contribution in [0.25, 0.3) is 0 Å². The number of hydrogen-bond acceptors (Lipinski definition) is 5. The summed E-state index contributed by atoms with van der Waals surface area (Å²) < 4.78 is 5.55. The highest BCUT2D eigenvalue weighted by Crippen LogP contribution is 2.15. The lowest BCUT2D eigenvalue weighted by molar-refractivity contribution is -0.122. The predicted octanol–water partition coefficient (Wildman–Crippen LogP) is 2.25. The highest BCUT2D eigenvalue weighted by atomic mass is 32.1. The topological polar surface area (TPSA) is 64.1 Å². The van der Waals surface area contributed by atoms with Crippen molar-refractivity contribution in [3.8, 4) is 5.75 Å². The Kier molecular flexibility index (Phi) is 3.88. The van der Waals surface area contributed by atoms with Crippen LogP contribution in [0.1, 0.15) is 12.5 Å². The highest BCUT2D eigenvalue weighted by Gasteiger charge is 2.15. The minimum atomic E-state index is -0.587. The Hall–Kier alpha value is -1.95. The molecule has 0 spiro atoms. The van der Waals surface area contributed by atoms with E-state index in [1.54, 1.807) is 12.4 Å². The molecule has 94 valence electrons. The number of hydrogen-bond donors (Lipinski definition) is 1. The lowest BCUT2D eigenvalue weighted by Crippen LogP contribution is -2.30. The second-order valence-electron chi connectivity index (χ2n) is 3.81. The zero-order chi connectivity index (χ0) is 13.0. The molecule has 1 amide bonds. The third-order valence-electron chi connectivity index (χ3n) is 2.26. The number of carbonyl (C=O) groups excluding carboxylic acids is 1. The predicted molar refractivity (Wildman–Crippen MR) is 69.8 cm³/mol. The van der Waals surface area contributed by atoms with Gasteiger partial charge in [-0.15, -0.1) is 10.2 Å². The number of nitrogens with zero attached hydrogens (tertiary/aromatic N) is 2. The number of rotatable bonds is 4. The lowest BCUT2D eigenvalue weighted by atomic mass is 10.2. The van der Waals surface area contributed by atoms with E-state index in [0.717, 1.165) is 5.56 Å². The first-order chi connectivity index (χ1) is 8.65. The molecule has 0 saturated carbocycles. The summed E-state index contributed by atoms with van der Waals surface area (Å²) in [5.41, 5.74) is 2.64. The van der Waals surface area contributed by atoms with Gasteiger partial charge in [0, 0.05) is 0 Å². The van der Waals surface area contributed by atoms with Crippen LogP contribution in [-0.4, -0.2) is 22.2 Å². The van der Waals surface area contributed by atoms with E-state index in [2.05, 4.69) is 15.5 Å². The summed E-state index contributed by atoms with van der Waals surface area (Å²) >= 11 is 1.27. The Balaban J connectivity index is 1.95. The number of ether oxygens (including phenoxy) is 1. The zero-order valence-corrected chi connectivity index (χ0v) is 10.9. The third kappa shape index (κ3) is 3.27. The fourth-order valence-electron chi connectivity index (χ4n) is 1.38. The van der Waals surface area contributed by atoms with Gasteiger partial charge in [0.2, 0.25) is 5.13 Å². The van der Waals surface area contributed by atoms with Gasteiger partial charge in [-0.2, -0.15) is 0 Å². The number of benzene rings is 1. The maximum Gasteiger partial charge on any atom is 0.266 e. The molecule has 1 N–H and O–H groups in total. The average molecular weight is 263 g/mol. The first kappa shape index (κ1) is 12.5.